The van der Waals surface area contributed by atoms with Crippen molar-refractivity contribution in [3.63, 3.8) is 0 Å². The Labute approximate surface area is 78.1 Å². The zero-order valence-electron chi connectivity index (χ0n) is 8.28. The maximum atomic E-state index is 11.2. The molecule has 0 unspecified atom stereocenters. The van der Waals surface area contributed by atoms with E-state index in [2.05, 4.69) is 16.9 Å². The van der Waals surface area contributed by atoms with Crippen molar-refractivity contribution >= 4 is 18.5 Å². The molecule has 74 valence electrons. The summed E-state index contributed by atoms with van der Waals surface area (Å²) >= 11 is 0. The summed E-state index contributed by atoms with van der Waals surface area (Å²) in [4.78, 5) is 12.7. The van der Waals surface area contributed by atoms with Crippen molar-refractivity contribution in [1.29, 1.82) is 0 Å². The molecule has 0 heterocycles. The van der Waals surface area contributed by atoms with Gasteiger partial charge >= 0.3 is 0 Å². The number of carbonyl (C=O) groups is 1. The number of hydrogen-bond acceptors (Lipinski definition) is 4. The van der Waals surface area contributed by atoms with Crippen molar-refractivity contribution < 1.29 is 9.53 Å². The molecule has 0 radical (unpaired) electrons. The summed E-state index contributed by atoms with van der Waals surface area (Å²) in [5.41, 5.74) is 0. The average molecular weight is 185 g/mol. The summed E-state index contributed by atoms with van der Waals surface area (Å²) < 4.78 is 4.99. The van der Waals surface area contributed by atoms with Crippen LogP contribution in [0.4, 0.5) is 0 Å². The zero-order valence-corrected chi connectivity index (χ0v) is 8.28. The highest BCUT2D eigenvalue weighted by Gasteiger charge is 2.06. The van der Waals surface area contributed by atoms with Crippen LogP contribution in [0.3, 0.4) is 0 Å². The van der Waals surface area contributed by atoms with Crippen LogP contribution in [0.2, 0.25) is 0 Å². The van der Waals surface area contributed by atoms with E-state index >= 15 is 0 Å². The average Bonchev–Trinajstić information content (AvgIpc) is 2.13. The first-order valence-electron chi connectivity index (χ1n) is 3.98. The third kappa shape index (κ3) is 4.95. The molecule has 0 aromatic carbocycles. The smallest absolute Gasteiger partial charge is 0.260 e. The molecule has 0 spiro atoms. The second kappa shape index (κ2) is 6.16. The Morgan fingerprint density at radius 3 is 2.69 bits per heavy atom. The fourth-order valence-electron chi connectivity index (χ4n) is 0.581. The van der Waals surface area contributed by atoms with E-state index in [9.17, 15) is 4.79 Å². The van der Waals surface area contributed by atoms with Crippen molar-refractivity contribution in [2.24, 2.45) is 10.2 Å². The highest BCUT2D eigenvalue weighted by Crippen LogP contribution is 1.88. The van der Waals surface area contributed by atoms with Gasteiger partial charge in [-0.25, -0.2) is 0 Å². The van der Waals surface area contributed by atoms with Crippen LogP contribution < -0.4 is 0 Å². The lowest BCUT2D eigenvalue weighted by Gasteiger charge is -2.14. The standard InChI is InChI=1S/C8H15N3O2/c1-5-11(4)8(12)6-13-7(2)10-9-3/h3,5-6H2,1-2,4H3/b10-7-. The molecule has 0 aliphatic rings. The van der Waals surface area contributed by atoms with Crippen LogP contribution in [0.25, 0.3) is 0 Å². The van der Waals surface area contributed by atoms with E-state index in [0.717, 1.165) is 0 Å². The molecule has 13 heavy (non-hydrogen) atoms. The monoisotopic (exact) mass is 185 g/mol. The van der Waals surface area contributed by atoms with E-state index < -0.39 is 0 Å². The van der Waals surface area contributed by atoms with E-state index in [1.54, 1.807) is 18.9 Å². The fraction of sp³-hybridized carbons (Fsp3) is 0.625. The molecule has 0 aliphatic carbocycles. The lowest BCUT2D eigenvalue weighted by atomic mass is 10.5. The molecule has 0 aliphatic heterocycles. The van der Waals surface area contributed by atoms with Crippen LogP contribution in [0.5, 0.6) is 0 Å². The van der Waals surface area contributed by atoms with Crippen molar-refractivity contribution in [1.82, 2.24) is 4.90 Å². The molecule has 5 heteroatoms. The number of carbonyl (C=O) groups excluding carboxylic acids is 1. The van der Waals surface area contributed by atoms with Gasteiger partial charge in [-0.1, -0.05) is 0 Å². The topological polar surface area (TPSA) is 54.3 Å². The predicted octanol–water partition coefficient (Wildman–Crippen LogP) is 0.515. The van der Waals surface area contributed by atoms with Gasteiger partial charge in [-0.15, -0.1) is 5.10 Å². The fourth-order valence-corrected chi connectivity index (χ4v) is 0.581. The van der Waals surface area contributed by atoms with Gasteiger partial charge in [-0.05, 0) is 6.92 Å². The number of likely N-dealkylation sites (N-methyl/N-ethyl adjacent to an activating group) is 1. The number of nitrogens with zero attached hydrogens (tertiary/aromatic N) is 3. The number of hydrogen-bond donors (Lipinski definition) is 0. The lowest BCUT2D eigenvalue weighted by Crippen LogP contribution is -2.30. The van der Waals surface area contributed by atoms with E-state index in [4.69, 9.17) is 4.74 Å². The van der Waals surface area contributed by atoms with Gasteiger partial charge in [0.1, 0.15) is 0 Å². The molecule has 0 rings (SSSR count). The molecular weight excluding hydrogens is 170 g/mol. The van der Waals surface area contributed by atoms with E-state index in [0.29, 0.717) is 12.4 Å². The van der Waals surface area contributed by atoms with Gasteiger partial charge in [-0.3, -0.25) is 4.79 Å². The second-order valence-electron chi connectivity index (χ2n) is 2.46. The molecule has 0 aromatic rings. The van der Waals surface area contributed by atoms with E-state index in [1.807, 2.05) is 6.92 Å². The van der Waals surface area contributed by atoms with Crippen LogP contribution in [0.15, 0.2) is 10.2 Å². The Morgan fingerprint density at radius 1 is 1.62 bits per heavy atom. The van der Waals surface area contributed by atoms with E-state index in [1.165, 1.54) is 0 Å². The largest absolute Gasteiger partial charge is 0.470 e. The van der Waals surface area contributed by atoms with Gasteiger partial charge < -0.3 is 9.64 Å². The van der Waals surface area contributed by atoms with Crippen LogP contribution in [-0.4, -0.2) is 43.6 Å². The Hall–Kier alpha value is -1.39. The number of ether oxygens (including phenoxy) is 1. The van der Waals surface area contributed by atoms with Crippen LogP contribution in [-0.2, 0) is 9.53 Å². The highest BCUT2D eigenvalue weighted by atomic mass is 16.5. The molecular formula is C8H15N3O2. The minimum absolute atomic E-state index is 0.00477. The van der Waals surface area contributed by atoms with Crippen molar-refractivity contribution in [2.75, 3.05) is 20.2 Å². The molecule has 0 aromatic heterocycles. The van der Waals surface area contributed by atoms with Crippen LogP contribution in [0.1, 0.15) is 13.8 Å². The first kappa shape index (κ1) is 11.6. The third-order valence-electron chi connectivity index (χ3n) is 1.52. The van der Waals surface area contributed by atoms with Gasteiger partial charge in [0.05, 0.1) is 0 Å². The van der Waals surface area contributed by atoms with Crippen LogP contribution >= 0.6 is 0 Å². The highest BCUT2D eigenvalue weighted by molar-refractivity contribution is 5.81. The van der Waals surface area contributed by atoms with Gasteiger partial charge in [0.25, 0.3) is 5.91 Å². The summed E-state index contributed by atoms with van der Waals surface area (Å²) in [7, 11) is 1.71. The minimum atomic E-state index is -0.0823. The van der Waals surface area contributed by atoms with Gasteiger partial charge in [-0.2, -0.15) is 5.10 Å². The first-order chi connectivity index (χ1) is 6.11. The summed E-state index contributed by atoms with van der Waals surface area (Å²) in [5, 5.41) is 6.79. The SMILES string of the molecule is C=N/N=C(/C)OCC(=O)N(C)CC. The molecule has 0 atom stereocenters. The van der Waals surface area contributed by atoms with Gasteiger partial charge in [0.15, 0.2) is 6.61 Å². The summed E-state index contributed by atoms with van der Waals surface area (Å²) in [6.45, 7) is 7.34. The predicted molar refractivity (Wildman–Crippen MR) is 51.9 cm³/mol. The van der Waals surface area contributed by atoms with Crippen molar-refractivity contribution in [2.45, 2.75) is 13.8 Å². The normalized spacial score (nSPS) is 10.8. The van der Waals surface area contributed by atoms with Gasteiger partial charge in [0.2, 0.25) is 5.90 Å². The summed E-state index contributed by atoms with van der Waals surface area (Å²) in [6.07, 6.45) is 0. The number of amides is 1. The Balaban J connectivity index is 3.82. The Bertz CT molecular complexity index is 213. The Morgan fingerprint density at radius 2 is 2.23 bits per heavy atom. The summed E-state index contributed by atoms with van der Waals surface area (Å²) in [6, 6.07) is 0. The summed E-state index contributed by atoms with van der Waals surface area (Å²) in [5.74, 6) is 0.258. The Kier molecular flexibility index (Phi) is 5.50. The third-order valence-corrected chi connectivity index (χ3v) is 1.52. The zero-order chi connectivity index (χ0) is 10.3. The van der Waals surface area contributed by atoms with Crippen molar-refractivity contribution in [3.05, 3.63) is 0 Å². The quantitative estimate of drug-likeness (QED) is 0.364. The molecule has 5 nitrogen and oxygen atoms in total. The minimum Gasteiger partial charge on any atom is -0.470 e. The first-order valence-corrected chi connectivity index (χ1v) is 3.98. The lowest BCUT2D eigenvalue weighted by molar-refractivity contribution is -0.132. The maximum Gasteiger partial charge on any atom is 0.260 e. The molecule has 0 fully saturated rings. The second-order valence-corrected chi connectivity index (χ2v) is 2.46. The molecule has 0 N–H and O–H groups in total. The molecule has 0 bridgehead atoms. The van der Waals surface area contributed by atoms with Crippen molar-refractivity contribution in [3.8, 4) is 0 Å². The molecule has 1 amide bonds. The van der Waals surface area contributed by atoms with Crippen LogP contribution in [0, 0.1) is 0 Å². The number of rotatable bonds is 4. The van der Waals surface area contributed by atoms with E-state index in [-0.39, 0.29) is 12.5 Å². The molecule has 0 saturated carbocycles. The maximum absolute atomic E-state index is 11.2. The molecule has 0 saturated heterocycles. The van der Waals surface area contributed by atoms with Gasteiger partial charge in [0, 0.05) is 27.2 Å².